The fourth-order valence-electron chi connectivity index (χ4n) is 3.27. The molecule has 25 heavy (non-hydrogen) atoms. The summed E-state index contributed by atoms with van der Waals surface area (Å²) in [6.07, 6.45) is 18.3. The van der Waals surface area contributed by atoms with Crippen LogP contribution in [0.1, 0.15) is 82.6 Å². The quantitative estimate of drug-likeness (QED) is 0.299. The smallest absolute Gasteiger partial charge is 0.0205 e. The fraction of sp³-hybridized carbons (Fsp3) is 0.727. The van der Waals surface area contributed by atoms with Gasteiger partial charge in [-0.3, -0.25) is 0 Å². The van der Waals surface area contributed by atoms with E-state index >= 15 is 0 Å². The van der Waals surface area contributed by atoms with Gasteiger partial charge in [0.15, 0.2) is 0 Å². The van der Waals surface area contributed by atoms with Crippen LogP contribution in [0.4, 0.5) is 0 Å². The van der Waals surface area contributed by atoms with Crippen molar-refractivity contribution in [3.8, 4) is 0 Å². The van der Waals surface area contributed by atoms with Crippen molar-refractivity contribution >= 4 is 10.2 Å². The van der Waals surface area contributed by atoms with Crippen molar-refractivity contribution < 1.29 is 0 Å². The highest BCUT2D eigenvalue weighted by atomic mass is 28.1. The summed E-state index contributed by atoms with van der Waals surface area (Å²) in [5.74, 6) is 0. The highest BCUT2D eigenvalue weighted by Crippen LogP contribution is 2.11. The third-order valence-corrected chi connectivity index (χ3v) is 5.38. The summed E-state index contributed by atoms with van der Waals surface area (Å²) in [6.45, 7) is 3.41. The molecule has 0 unspecified atom stereocenters. The van der Waals surface area contributed by atoms with E-state index in [9.17, 15) is 0 Å². The van der Waals surface area contributed by atoms with Crippen molar-refractivity contribution in [2.45, 2.75) is 83.6 Å². The molecule has 0 aliphatic heterocycles. The van der Waals surface area contributed by atoms with E-state index in [1.54, 1.807) is 0 Å². The summed E-state index contributed by atoms with van der Waals surface area (Å²) >= 11 is 0. The molecule has 0 aliphatic rings. The van der Waals surface area contributed by atoms with Crippen molar-refractivity contribution in [1.82, 2.24) is 10.6 Å². The maximum atomic E-state index is 3.55. The van der Waals surface area contributed by atoms with E-state index in [1.807, 2.05) is 0 Å². The van der Waals surface area contributed by atoms with Crippen LogP contribution in [-0.2, 0) is 6.54 Å². The molecule has 0 aromatic heterocycles. The molecule has 0 spiro atoms. The molecule has 0 heterocycles. The largest absolute Gasteiger partial charge is 0.320 e. The first-order valence-electron chi connectivity index (χ1n) is 10.9. The van der Waals surface area contributed by atoms with Crippen molar-refractivity contribution in [3.05, 3.63) is 35.9 Å². The summed E-state index contributed by atoms with van der Waals surface area (Å²) in [6, 6.07) is 10.7. The molecule has 0 radical (unpaired) electrons. The molecule has 0 atom stereocenters. The van der Waals surface area contributed by atoms with Crippen LogP contribution >= 0.6 is 0 Å². The fourth-order valence-corrected chi connectivity index (χ4v) is 3.63. The zero-order valence-corrected chi connectivity index (χ0v) is 18.7. The Bertz CT molecular complexity index is 370. The Balaban J connectivity index is 1.69. The molecule has 3 heteroatoms. The SMILES string of the molecule is [SiH3]CNCCCCCCCCCCCCCCNCc1ccccc1. The predicted molar refractivity (Wildman–Crippen MR) is 116 cm³/mol. The van der Waals surface area contributed by atoms with E-state index < -0.39 is 0 Å². The second-order valence-corrected chi connectivity index (χ2v) is 7.97. The van der Waals surface area contributed by atoms with E-state index in [0.29, 0.717) is 0 Å². The van der Waals surface area contributed by atoms with Crippen molar-refractivity contribution in [3.63, 3.8) is 0 Å². The van der Waals surface area contributed by atoms with Gasteiger partial charge in [0, 0.05) is 16.8 Å². The standard InChI is InChI=1S/C22H42N2Si/c25-21-24-19-15-10-8-6-4-2-1-3-5-7-9-14-18-23-20-22-16-12-11-13-17-22/h11-13,16-17,23-24H,1-10,14-15,18-21H2,25H3. The minimum Gasteiger partial charge on any atom is -0.320 e. The second kappa shape index (κ2) is 18.2. The first-order valence-corrected chi connectivity index (χ1v) is 12.3. The third kappa shape index (κ3) is 15.3. The molecule has 0 aliphatic carbocycles. The van der Waals surface area contributed by atoms with Crippen LogP contribution in [-0.4, -0.2) is 29.5 Å². The molecule has 0 bridgehead atoms. The zero-order chi connectivity index (χ0) is 17.8. The van der Waals surface area contributed by atoms with Crippen LogP contribution in [0.15, 0.2) is 30.3 Å². The lowest BCUT2D eigenvalue weighted by atomic mass is 10.1. The van der Waals surface area contributed by atoms with Crippen LogP contribution < -0.4 is 10.6 Å². The van der Waals surface area contributed by atoms with Crippen LogP contribution in [0, 0.1) is 0 Å². The number of nitrogens with one attached hydrogen (secondary N) is 2. The first kappa shape index (κ1) is 22.4. The molecule has 1 aromatic carbocycles. The first-order chi connectivity index (χ1) is 12.4. The minimum atomic E-state index is 1.01. The van der Waals surface area contributed by atoms with E-state index in [2.05, 4.69) is 41.0 Å². The molecule has 0 saturated heterocycles. The summed E-state index contributed by atoms with van der Waals surface area (Å²) in [4.78, 5) is 0. The molecule has 1 aromatic rings. The molecule has 2 N–H and O–H groups in total. The summed E-state index contributed by atoms with van der Waals surface area (Å²) in [5.41, 5.74) is 1.39. The van der Waals surface area contributed by atoms with Gasteiger partial charge in [-0.15, -0.1) is 0 Å². The lowest BCUT2D eigenvalue weighted by Crippen LogP contribution is -2.16. The van der Waals surface area contributed by atoms with E-state index in [-0.39, 0.29) is 0 Å². The van der Waals surface area contributed by atoms with E-state index in [0.717, 1.165) is 13.1 Å². The molecular formula is C22H42N2Si. The summed E-state index contributed by atoms with van der Waals surface area (Å²) in [5, 5.41) is 7.01. The number of unbranched alkanes of at least 4 members (excludes halogenated alkanes) is 11. The van der Waals surface area contributed by atoms with Crippen LogP contribution in [0.25, 0.3) is 0 Å². The van der Waals surface area contributed by atoms with Crippen molar-refractivity contribution in [2.75, 3.05) is 19.3 Å². The zero-order valence-electron chi connectivity index (χ0n) is 16.7. The third-order valence-electron chi connectivity index (χ3n) is 4.88. The van der Waals surface area contributed by atoms with Gasteiger partial charge in [0.2, 0.25) is 0 Å². The molecule has 2 nitrogen and oxygen atoms in total. The van der Waals surface area contributed by atoms with Crippen LogP contribution in [0.5, 0.6) is 0 Å². The molecule has 1 rings (SSSR count). The van der Waals surface area contributed by atoms with Gasteiger partial charge in [0.05, 0.1) is 0 Å². The van der Waals surface area contributed by atoms with Crippen molar-refractivity contribution in [2.24, 2.45) is 0 Å². The predicted octanol–water partition coefficient (Wildman–Crippen LogP) is 4.37. The molecule has 0 amide bonds. The normalized spacial score (nSPS) is 11.2. The average molecular weight is 363 g/mol. The van der Waals surface area contributed by atoms with E-state index in [1.165, 1.54) is 106 Å². The van der Waals surface area contributed by atoms with Gasteiger partial charge in [-0.05, 0) is 37.7 Å². The van der Waals surface area contributed by atoms with Gasteiger partial charge in [-0.1, -0.05) is 94.5 Å². The van der Waals surface area contributed by atoms with Gasteiger partial charge in [0.25, 0.3) is 0 Å². The number of hydrogen-bond acceptors (Lipinski definition) is 2. The highest BCUT2D eigenvalue weighted by molar-refractivity contribution is 6.08. The Hall–Kier alpha value is -0.643. The molecule has 0 saturated carbocycles. The van der Waals surface area contributed by atoms with Gasteiger partial charge in [-0.25, -0.2) is 0 Å². The Labute approximate surface area is 160 Å². The minimum absolute atomic E-state index is 1.01. The number of hydrogen-bond donors (Lipinski definition) is 2. The lowest BCUT2D eigenvalue weighted by molar-refractivity contribution is 0.531. The number of rotatable bonds is 18. The Kier molecular flexibility index (Phi) is 16.3. The molecular weight excluding hydrogens is 320 g/mol. The van der Waals surface area contributed by atoms with Crippen LogP contribution in [0.3, 0.4) is 0 Å². The Morgan fingerprint density at radius 2 is 1.00 bits per heavy atom. The number of benzene rings is 1. The van der Waals surface area contributed by atoms with Crippen LogP contribution in [0.2, 0.25) is 0 Å². The Morgan fingerprint density at radius 3 is 1.48 bits per heavy atom. The average Bonchev–Trinajstić information content (AvgIpc) is 2.65. The summed E-state index contributed by atoms with van der Waals surface area (Å²) < 4.78 is 0. The maximum absolute atomic E-state index is 3.55. The second-order valence-electron chi connectivity index (χ2n) is 7.26. The van der Waals surface area contributed by atoms with Gasteiger partial charge < -0.3 is 10.6 Å². The topological polar surface area (TPSA) is 24.1 Å². The maximum Gasteiger partial charge on any atom is 0.0205 e. The Morgan fingerprint density at radius 1 is 0.560 bits per heavy atom. The molecule has 0 fully saturated rings. The van der Waals surface area contributed by atoms with E-state index in [4.69, 9.17) is 0 Å². The summed E-state index contributed by atoms with van der Waals surface area (Å²) in [7, 11) is 1.29. The lowest BCUT2D eigenvalue weighted by Gasteiger charge is -2.05. The molecule has 144 valence electrons. The van der Waals surface area contributed by atoms with Gasteiger partial charge in [0.1, 0.15) is 0 Å². The van der Waals surface area contributed by atoms with Gasteiger partial charge >= 0.3 is 0 Å². The highest BCUT2D eigenvalue weighted by Gasteiger charge is 1.95. The van der Waals surface area contributed by atoms with Gasteiger partial charge in [-0.2, -0.15) is 0 Å². The monoisotopic (exact) mass is 362 g/mol. The van der Waals surface area contributed by atoms with Crippen molar-refractivity contribution in [1.29, 1.82) is 0 Å².